The predicted octanol–water partition coefficient (Wildman–Crippen LogP) is 7.67. The highest BCUT2D eigenvalue weighted by Crippen LogP contribution is 2.36. The number of benzene rings is 3. The van der Waals surface area contributed by atoms with Gasteiger partial charge in [-0.2, -0.15) is 0 Å². The molecule has 0 spiro atoms. The van der Waals surface area contributed by atoms with Crippen LogP contribution in [0.5, 0.6) is 5.75 Å². The minimum atomic E-state index is -0.0885. The summed E-state index contributed by atoms with van der Waals surface area (Å²) in [6.07, 6.45) is 5.25. The van der Waals surface area contributed by atoms with Gasteiger partial charge in [-0.15, -0.1) is 0 Å². The van der Waals surface area contributed by atoms with Crippen molar-refractivity contribution in [1.82, 2.24) is 0 Å². The topological polar surface area (TPSA) is 29.5 Å². The summed E-state index contributed by atoms with van der Waals surface area (Å²) < 4.78 is 6.39. The van der Waals surface area contributed by atoms with Gasteiger partial charge in [0, 0.05) is 5.02 Å². The van der Waals surface area contributed by atoms with Crippen molar-refractivity contribution in [2.45, 2.75) is 32.8 Å². The number of carbonyl (C=O) groups is 1. The Labute approximate surface area is 209 Å². The van der Waals surface area contributed by atoms with E-state index in [0.717, 1.165) is 41.8 Å². The maximum atomic E-state index is 13.0. The van der Waals surface area contributed by atoms with Gasteiger partial charge in [0.05, 0.1) is 10.6 Å². The highest BCUT2D eigenvalue weighted by molar-refractivity contribution is 8.27. The number of hydrogen-bond acceptors (Lipinski definition) is 4. The Morgan fingerprint density at radius 2 is 1.64 bits per heavy atom. The molecular formula is C27H24ClNO2S2. The largest absolute Gasteiger partial charge is 0.489 e. The second-order valence-corrected chi connectivity index (χ2v) is 9.88. The van der Waals surface area contributed by atoms with Gasteiger partial charge in [0.2, 0.25) is 0 Å². The zero-order valence-electron chi connectivity index (χ0n) is 18.3. The van der Waals surface area contributed by atoms with Crippen molar-refractivity contribution in [2.75, 3.05) is 4.90 Å². The molecule has 0 atom stereocenters. The van der Waals surface area contributed by atoms with Crippen LogP contribution in [0.1, 0.15) is 36.5 Å². The second kappa shape index (κ2) is 11.0. The van der Waals surface area contributed by atoms with Crippen molar-refractivity contribution < 1.29 is 9.53 Å². The van der Waals surface area contributed by atoms with Crippen LogP contribution in [-0.2, 0) is 17.8 Å². The molecule has 1 aliphatic rings. The summed E-state index contributed by atoms with van der Waals surface area (Å²) in [4.78, 5) is 15.3. The zero-order chi connectivity index (χ0) is 23.2. The second-order valence-electron chi connectivity index (χ2n) is 7.77. The Bertz CT molecular complexity index is 1160. The van der Waals surface area contributed by atoms with Gasteiger partial charge in [0.15, 0.2) is 4.32 Å². The number of unbranched alkanes of at least 4 members (excludes halogenated alkanes) is 1. The molecule has 0 aromatic heterocycles. The number of thioether (sulfide) groups is 1. The number of halogens is 1. The summed E-state index contributed by atoms with van der Waals surface area (Å²) in [5, 5.41) is 0.706. The molecular weight excluding hydrogens is 470 g/mol. The van der Waals surface area contributed by atoms with E-state index in [4.69, 9.17) is 28.6 Å². The molecule has 1 saturated heterocycles. The van der Waals surface area contributed by atoms with E-state index in [0.29, 0.717) is 20.9 Å². The lowest BCUT2D eigenvalue weighted by molar-refractivity contribution is -0.113. The van der Waals surface area contributed by atoms with Gasteiger partial charge in [0.25, 0.3) is 5.91 Å². The maximum absolute atomic E-state index is 13.0. The van der Waals surface area contributed by atoms with Crippen LogP contribution in [0.3, 0.4) is 0 Å². The molecule has 0 radical (unpaired) electrons. The average Bonchev–Trinajstić information content (AvgIpc) is 3.11. The lowest BCUT2D eigenvalue weighted by atomic mass is 10.1. The highest BCUT2D eigenvalue weighted by Gasteiger charge is 2.33. The van der Waals surface area contributed by atoms with Crippen molar-refractivity contribution >= 4 is 57.6 Å². The number of thiocarbonyl (C=S) groups is 1. The van der Waals surface area contributed by atoms with Gasteiger partial charge >= 0.3 is 0 Å². The summed E-state index contributed by atoms with van der Waals surface area (Å²) in [7, 11) is 0. The van der Waals surface area contributed by atoms with E-state index in [9.17, 15) is 4.79 Å². The molecule has 1 aliphatic heterocycles. The molecule has 6 heteroatoms. The summed E-state index contributed by atoms with van der Waals surface area (Å²) in [6.45, 7) is 2.65. The van der Waals surface area contributed by atoms with Crippen LogP contribution in [-0.4, -0.2) is 10.2 Å². The monoisotopic (exact) mass is 493 g/mol. The molecule has 1 heterocycles. The molecule has 3 aromatic rings. The summed E-state index contributed by atoms with van der Waals surface area (Å²) in [5.74, 6) is 0.673. The third-order valence-corrected chi connectivity index (χ3v) is 6.86. The van der Waals surface area contributed by atoms with Crippen LogP contribution in [0, 0.1) is 0 Å². The Morgan fingerprint density at radius 3 is 2.30 bits per heavy atom. The standard InChI is InChI=1S/C27H24ClNO2S2/c1-2-3-4-19-7-13-23(14-8-19)29-26(30)25(33-27(29)32)17-20-9-15-24(16-10-20)31-18-21-5-11-22(28)12-6-21/h5-17H,2-4,18H2,1H3. The average molecular weight is 494 g/mol. The SMILES string of the molecule is CCCCc1ccc(N2C(=O)C(=Cc3ccc(OCc4ccc(Cl)cc4)cc3)SC2=S)cc1. The van der Waals surface area contributed by atoms with E-state index < -0.39 is 0 Å². The molecule has 0 bridgehead atoms. The van der Waals surface area contributed by atoms with E-state index in [-0.39, 0.29) is 5.91 Å². The number of nitrogens with zero attached hydrogens (tertiary/aromatic N) is 1. The first kappa shape index (κ1) is 23.6. The molecule has 3 aromatic carbocycles. The molecule has 168 valence electrons. The molecule has 0 N–H and O–H groups in total. The Hall–Kier alpha value is -2.60. The fourth-order valence-corrected chi connectivity index (χ4v) is 4.87. The van der Waals surface area contributed by atoms with Gasteiger partial charge in [-0.3, -0.25) is 9.69 Å². The number of aryl methyl sites for hydroxylation is 1. The number of carbonyl (C=O) groups excluding carboxylic acids is 1. The molecule has 33 heavy (non-hydrogen) atoms. The number of ether oxygens (including phenoxy) is 1. The molecule has 0 unspecified atom stereocenters. The third-order valence-electron chi connectivity index (χ3n) is 5.30. The van der Waals surface area contributed by atoms with Crippen molar-refractivity contribution in [2.24, 2.45) is 0 Å². The van der Waals surface area contributed by atoms with Gasteiger partial charge in [-0.05, 0) is 72.0 Å². The molecule has 0 saturated carbocycles. The molecule has 1 fully saturated rings. The predicted molar refractivity (Wildman–Crippen MR) is 143 cm³/mol. The van der Waals surface area contributed by atoms with Crippen LogP contribution in [0.4, 0.5) is 5.69 Å². The molecule has 0 aliphatic carbocycles. The van der Waals surface area contributed by atoms with Crippen LogP contribution >= 0.6 is 35.6 Å². The normalized spacial score (nSPS) is 14.8. The van der Waals surface area contributed by atoms with Crippen molar-refractivity contribution in [3.63, 3.8) is 0 Å². The van der Waals surface area contributed by atoms with Crippen molar-refractivity contribution in [3.8, 4) is 5.75 Å². The van der Waals surface area contributed by atoms with E-state index in [1.54, 1.807) is 4.90 Å². The highest BCUT2D eigenvalue weighted by atomic mass is 35.5. The van der Waals surface area contributed by atoms with Crippen LogP contribution < -0.4 is 9.64 Å². The van der Waals surface area contributed by atoms with Gasteiger partial charge in [-0.25, -0.2) is 0 Å². The van der Waals surface area contributed by atoms with Crippen LogP contribution in [0.25, 0.3) is 6.08 Å². The first-order valence-corrected chi connectivity index (χ1v) is 12.5. The summed E-state index contributed by atoms with van der Waals surface area (Å²) in [6, 6.07) is 23.4. The lowest BCUT2D eigenvalue weighted by Crippen LogP contribution is -2.27. The van der Waals surface area contributed by atoms with Crippen LogP contribution in [0.2, 0.25) is 5.02 Å². The lowest BCUT2D eigenvalue weighted by Gasteiger charge is -2.15. The molecule has 4 rings (SSSR count). The first-order valence-electron chi connectivity index (χ1n) is 10.9. The van der Waals surface area contributed by atoms with Crippen LogP contribution in [0.15, 0.2) is 77.7 Å². The van der Waals surface area contributed by atoms with Crippen molar-refractivity contribution in [1.29, 1.82) is 0 Å². The Balaban J connectivity index is 1.41. The Kier molecular flexibility index (Phi) is 7.86. The zero-order valence-corrected chi connectivity index (χ0v) is 20.7. The molecule has 1 amide bonds. The first-order chi connectivity index (χ1) is 16.0. The van der Waals surface area contributed by atoms with Crippen molar-refractivity contribution in [3.05, 3.63) is 99.4 Å². The summed E-state index contributed by atoms with van der Waals surface area (Å²) >= 11 is 12.8. The van der Waals surface area contributed by atoms with E-state index in [1.165, 1.54) is 17.3 Å². The van der Waals surface area contributed by atoms with E-state index in [1.807, 2.05) is 66.7 Å². The molecule has 3 nitrogen and oxygen atoms in total. The van der Waals surface area contributed by atoms with E-state index in [2.05, 4.69) is 19.1 Å². The van der Waals surface area contributed by atoms with Gasteiger partial charge < -0.3 is 4.74 Å². The minimum absolute atomic E-state index is 0.0885. The third kappa shape index (κ3) is 6.05. The number of hydrogen-bond donors (Lipinski definition) is 0. The number of amides is 1. The quantitative estimate of drug-likeness (QED) is 0.238. The van der Waals surface area contributed by atoms with E-state index >= 15 is 0 Å². The minimum Gasteiger partial charge on any atom is -0.489 e. The Morgan fingerprint density at radius 1 is 0.970 bits per heavy atom. The number of anilines is 1. The number of rotatable bonds is 8. The van der Waals surface area contributed by atoms with Gasteiger partial charge in [0.1, 0.15) is 12.4 Å². The fourth-order valence-electron chi connectivity index (χ4n) is 3.44. The summed E-state index contributed by atoms with van der Waals surface area (Å²) in [5.41, 5.74) is 4.06. The maximum Gasteiger partial charge on any atom is 0.270 e. The smallest absolute Gasteiger partial charge is 0.270 e. The van der Waals surface area contributed by atoms with Gasteiger partial charge in [-0.1, -0.05) is 85.3 Å². The fraction of sp³-hybridized carbons (Fsp3) is 0.185.